The lowest BCUT2D eigenvalue weighted by molar-refractivity contribution is -0.147. The second-order valence-electron chi connectivity index (χ2n) is 9.55. The molecular weight excluding hydrogens is 429 g/mol. The van der Waals surface area contributed by atoms with E-state index in [0.29, 0.717) is 47.7 Å². The molecule has 5 nitrogen and oxygen atoms in total. The molecule has 1 aromatic heterocycles. The predicted molar refractivity (Wildman–Crippen MR) is 117 cm³/mol. The molecular formula is C25H23F3N4O. The Labute approximate surface area is 188 Å². The van der Waals surface area contributed by atoms with Gasteiger partial charge in [-0.2, -0.15) is 10.2 Å². The molecule has 7 rings (SSSR count). The Hall–Kier alpha value is -3.16. The fraction of sp³-hybridized carbons (Fsp3) is 0.400. The molecule has 3 saturated carbocycles. The summed E-state index contributed by atoms with van der Waals surface area (Å²) in [5.74, 6) is -0.760. The van der Waals surface area contributed by atoms with E-state index < -0.39 is 17.7 Å². The van der Waals surface area contributed by atoms with Crippen molar-refractivity contribution in [1.82, 2.24) is 14.8 Å². The van der Waals surface area contributed by atoms with Crippen molar-refractivity contribution in [3.8, 4) is 0 Å². The first-order valence-corrected chi connectivity index (χ1v) is 11.4. The molecule has 1 amide bonds. The van der Waals surface area contributed by atoms with Gasteiger partial charge in [-0.05, 0) is 66.8 Å². The van der Waals surface area contributed by atoms with Crippen LogP contribution in [0.3, 0.4) is 0 Å². The van der Waals surface area contributed by atoms with Crippen molar-refractivity contribution < 1.29 is 18.0 Å². The van der Waals surface area contributed by atoms with E-state index in [2.05, 4.69) is 10.2 Å². The van der Waals surface area contributed by atoms with Gasteiger partial charge in [0.2, 0.25) is 5.91 Å². The fourth-order valence-electron chi connectivity index (χ4n) is 5.89. The lowest BCUT2D eigenvalue weighted by Crippen LogP contribution is -2.49. The average Bonchev–Trinajstić information content (AvgIpc) is 3.39. The molecule has 3 atom stereocenters. The van der Waals surface area contributed by atoms with Crippen LogP contribution < -0.4 is 0 Å². The van der Waals surface area contributed by atoms with Crippen molar-refractivity contribution in [2.45, 2.75) is 38.3 Å². The molecule has 4 aliphatic rings. The molecule has 3 fully saturated rings. The smallest absolute Gasteiger partial charge is 0.246 e. The minimum atomic E-state index is -0.660. The van der Waals surface area contributed by atoms with Crippen LogP contribution in [0, 0.1) is 41.1 Å². The van der Waals surface area contributed by atoms with E-state index in [1.54, 1.807) is 29.2 Å². The van der Waals surface area contributed by atoms with Crippen molar-refractivity contribution in [3.05, 3.63) is 65.6 Å². The van der Waals surface area contributed by atoms with Gasteiger partial charge in [-0.3, -0.25) is 9.48 Å². The summed E-state index contributed by atoms with van der Waals surface area (Å²) in [6.45, 7) is 0.636. The maximum atomic E-state index is 14.1. The van der Waals surface area contributed by atoms with E-state index in [-0.39, 0.29) is 23.6 Å². The molecule has 3 aliphatic carbocycles. The first-order valence-electron chi connectivity index (χ1n) is 11.4. The molecule has 2 aromatic carbocycles. The topological polar surface area (TPSA) is 50.5 Å². The summed E-state index contributed by atoms with van der Waals surface area (Å²) in [6, 6.07) is 7.76. The summed E-state index contributed by atoms with van der Waals surface area (Å²) in [7, 11) is 0. The van der Waals surface area contributed by atoms with Gasteiger partial charge in [-0.25, -0.2) is 18.2 Å². The SMILES string of the molecule is O=C(C1CC(Cn2cc3c(F)cccc3n2)C2CC1C2)N1N=CCC1c1cc(F)cc(F)c1. The minimum Gasteiger partial charge on any atom is -0.273 e. The first kappa shape index (κ1) is 20.4. The van der Waals surface area contributed by atoms with Crippen LogP contribution in [0.15, 0.2) is 47.7 Å². The van der Waals surface area contributed by atoms with Crippen LogP contribution in [-0.2, 0) is 11.3 Å². The van der Waals surface area contributed by atoms with Crippen LogP contribution in [0.5, 0.6) is 0 Å². The van der Waals surface area contributed by atoms with Crippen LogP contribution in [-0.4, -0.2) is 26.9 Å². The molecule has 3 aromatic rings. The van der Waals surface area contributed by atoms with E-state index in [9.17, 15) is 18.0 Å². The monoisotopic (exact) mass is 452 g/mol. The van der Waals surface area contributed by atoms with Gasteiger partial charge >= 0.3 is 0 Å². The number of hydrogen-bond donors (Lipinski definition) is 0. The van der Waals surface area contributed by atoms with Gasteiger partial charge in [-0.15, -0.1) is 0 Å². The summed E-state index contributed by atoms with van der Waals surface area (Å²) >= 11 is 0. The van der Waals surface area contributed by atoms with Gasteiger partial charge in [0, 0.05) is 37.4 Å². The van der Waals surface area contributed by atoms with Crippen molar-refractivity contribution >= 4 is 23.0 Å². The molecule has 8 heteroatoms. The van der Waals surface area contributed by atoms with Gasteiger partial charge in [-0.1, -0.05) is 6.07 Å². The zero-order valence-corrected chi connectivity index (χ0v) is 17.9. The Morgan fingerprint density at radius 1 is 1.03 bits per heavy atom. The number of carbonyl (C=O) groups excluding carboxylic acids is 1. The van der Waals surface area contributed by atoms with Crippen LogP contribution in [0.25, 0.3) is 10.9 Å². The highest BCUT2D eigenvalue weighted by Gasteiger charge is 2.50. The number of nitrogens with zero attached hydrogens (tertiary/aromatic N) is 4. The van der Waals surface area contributed by atoms with Crippen LogP contribution >= 0.6 is 0 Å². The second-order valence-corrected chi connectivity index (χ2v) is 9.55. The molecule has 1 aliphatic heterocycles. The highest BCUT2D eigenvalue weighted by Crippen LogP contribution is 2.53. The molecule has 2 heterocycles. The standard InChI is InChI=1S/C25H23F3N4O/c26-18-8-16(9-19(27)11-18)24-4-5-29-32(24)25(33)20-10-17(14-6-15(20)7-14)12-31-13-21-22(28)2-1-3-23(21)30-31/h1-3,5,8-9,11,13-15,17,20,24H,4,6-7,10,12H2. The number of hydrogen-bond acceptors (Lipinski definition) is 3. The van der Waals surface area contributed by atoms with Crippen molar-refractivity contribution in [2.24, 2.45) is 28.8 Å². The fourth-order valence-corrected chi connectivity index (χ4v) is 5.89. The quantitative estimate of drug-likeness (QED) is 0.555. The summed E-state index contributed by atoms with van der Waals surface area (Å²) in [5, 5.41) is 10.7. The Balaban J connectivity index is 1.21. The summed E-state index contributed by atoms with van der Waals surface area (Å²) in [4.78, 5) is 13.5. The Morgan fingerprint density at radius 2 is 1.82 bits per heavy atom. The van der Waals surface area contributed by atoms with Crippen LogP contribution in [0.2, 0.25) is 0 Å². The number of rotatable bonds is 4. The summed E-state index contributed by atoms with van der Waals surface area (Å²) in [5.41, 5.74) is 1.05. The number of carbonyl (C=O) groups is 1. The largest absolute Gasteiger partial charge is 0.273 e. The van der Waals surface area contributed by atoms with E-state index >= 15 is 0 Å². The maximum Gasteiger partial charge on any atom is 0.246 e. The van der Waals surface area contributed by atoms with E-state index in [4.69, 9.17) is 0 Å². The van der Waals surface area contributed by atoms with Gasteiger partial charge in [0.25, 0.3) is 0 Å². The van der Waals surface area contributed by atoms with E-state index in [1.807, 2.05) is 0 Å². The normalized spacial score (nSPS) is 28.3. The van der Waals surface area contributed by atoms with E-state index in [0.717, 1.165) is 18.9 Å². The maximum absolute atomic E-state index is 14.1. The molecule has 0 N–H and O–H groups in total. The molecule has 170 valence electrons. The molecule has 3 unspecified atom stereocenters. The Bertz CT molecular complexity index is 1250. The highest BCUT2D eigenvalue weighted by atomic mass is 19.1. The number of benzene rings is 2. The number of hydrazone groups is 1. The molecule has 2 bridgehead atoms. The Morgan fingerprint density at radius 3 is 2.58 bits per heavy atom. The third kappa shape index (κ3) is 3.52. The zero-order valence-electron chi connectivity index (χ0n) is 17.9. The lowest BCUT2D eigenvalue weighted by Gasteiger charge is -2.51. The summed E-state index contributed by atoms with van der Waals surface area (Å²) in [6.07, 6.45) is 6.48. The third-order valence-electron chi connectivity index (χ3n) is 7.61. The van der Waals surface area contributed by atoms with Crippen molar-refractivity contribution in [2.75, 3.05) is 0 Å². The van der Waals surface area contributed by atoms with Crippen molar-refractivity contribution in [1.29, 1.82) is 0 Å². The lowest BCUT2D eigenvalue weighted by atomic mass is 9.55. The minimum absolute atomic E-state index is 0.0803. The van der Waals surface area contributed by atoms with Gasteiger partial charge < -0.3 is 0 Å². The first-order chi connectivity index (χ1) is 16.0. The average molecular weight is 452 g/mol. The number of amides is 1. The highest BCUT2D eigenvalue weighted by molar-refractivity contribution is 5.82. The molecule has 0 saturated heterocycles. The number of halogens is 3. The second kappa shape index (κ2) is 7.71. The number of aromatic nitrogens is 2. The van der Waals surface area contributed by atoms with E-state index in [1.165, 1.54) is 23.2 Å². The number of fused-ring (bicyclic) bond motifs is 3. The molecule has 0 spiro atoms. The van der Waals surface area contributed by atoms with Crippen LogP contribution in [0.4, 0.5) is 13.2 Å². The van der Waals surface area contributed by atoms with Crippen LogP contribution in [0.1, 0.15) is 37.3 Å². The Kier molecular flexibility index (Phi) is 4.78. The summed E-state index contributed by atoms with van der Waals surface area (Å²) < 4.78 is 43.4. The van der Waals surface area contributed by atoms with Gasteiger partial charge in [0.1, 0.15) is 17.5 Å². The molecule has 0 radical (unpaired) electrons. The third-order valence-corrected chi connectivity index (χ3v) is 7.61. The van der Waals surface area contributed by atoms with Gasteiger partial charge in [0.05, 0.1) is 16.9 Å². The van der Waals surface area contributed by atoms with Gasteiger partial charge in [0.15, 0.2) is 0 Å². The van der Waals surface area contributed by atoms with Crippen molar-refractivity contribution in [3.63, 3.8) is 0 Å². The zero-order chi connectivity index (χ0) is 22.7. The molecule has 33 heavy (non-hydrogen) atoms. The predicted octanol–water partition coefficient (Wildman–Crippen LogP) is 5.08.